The van der Waals surface area contributed by atoms with Crippen molar-refractivity contribution in [3.05, 3.63) is 32.4 Å². The zero-order valence-electron chi connectivity index (χ0n) is 11.4. The van der Waals surface area contributed by atoms with Gasteiger partial charge in [0.2, 0.25) is 6.10 Å². The molecule has 2 aromatic rings. The first-order chi connectivity index (χ1) is 10.7. The molecule has 1 fully saturated rings. The average molecular weight is 354 g/mol. The van der Waals surface area contributed by atoms with E-state index < -0.39 is 6.10 Å². The summed E-state index contributed by atoms with van der Waals surface area (Å²) in [4.78, 5) is 22.9. The molecule has 1 aliphatic heterocycles. The Morgan fingerprint density at radius 2 is 2.27 bits per heavy atom. The second-order valence-electron chi connectivity index (χ2n) is 5.28. The molecule has 5 nitrogen and oxygen atoms in total. The minimum atomic E-state index is -0.607. The van der Waals surface area contributed by atoms with Crippen molar-refractivity contribution < 1.29 is 9.63 Å². The van der Waals surface area contributed by atoms with Crippen molar-refractivity contribution in [3.63, 3.8) is 0 Å². The van der Waals surface area contributed by atoms with E-state index in [1.54, 1.807) is 0 Å². The van der Waals surface area contributed by atoms with Crippen LogP contribution in [0.5, 0.6) is 0 Å². The Bertz CT molecular complexity index is 751. The monoisotopic (exact) mass is 353 g/mol. The van der Waals surface area contributed by atoms with E-state index in [0.29, 0.717) is 21.8 Å². The lowest BCUT2D eigenvalue weighted by Crippen LogP contribution is -2.27. The Morgan fingerprint density at radius 1 is 1.41 bits per heavy atom. The summed E-state index contributed by atoms with van der Waals surface area (Å²) in [6.45, 7) is 0. The van der Waals surface area contributed by atoms with E-state index in [2.05, 4.69) is 15.5 Å². The highest BCUT2D eigenvalue weighted by Crippen LogP contribution is 2.40. The lowest BCUT2D eigenvalue weighted by atomic mass is 10.1. The van der Waals surface area contributed by atoms with E-state index in [9.17, 15) is 4.79 Å². The molecule has 8 heteroatoms. The molecule has 0 saturated heterocycles. The van der Waals surface area contributed by atoms with Crippen LogP contribution >= 0.6 is 34.3 Å². The van der Waals surface area contributed by atoms with Crippen molar-refractivity contribution in [2.75, 3.05) is 5.32 Å². The molecule has 2 aromatic heterocycles. The fourth-order valence-electron chi connectivity index (χ4n) is 2.23. The molecule has 22 heavy (non-hydrogen) atoms. The number of thiophene rings is 1. The van der Waals surface area contributed by atoms with Gasteiger partial charge in [0.05, 0.1) is 14.9 Å². The second-order valence-corrected chi connectivity index (χ2v) is 7.85. The molecule has 4 rings (SSSR count). The maximum absolute atomic E-state index is 12.2. The number of aromatic nitrogens is 1. The summed E-state index contributed by atoms with van der Waals surface area (Å²) in [5.41, 5.74) is 1.84. The SMILES string of the molecule is O=C(Nc1nc(C2CC2)cs1)C1CC(c2ccc(Cl)s2)=NO1. The topological polar surface area (TPSA) is 63.6 Å². The number of hydrogen-bond acceptors (Lipinski definition) is 6. The number of hydrogen-bond donors (Lipinski definition) is 1. The van der Waals surface area contributed by atoms with E-state index >= 15 is 0 Å². The molecule has 0 aromatic carbocycles. The first-order valence-electron chi connectivity index (χ1n) is 6.94. The van der Waals surface area contributed by atoms with Crippen LogP contribution in [0.4, 0.5) is 5.13 Å². The Balaban J connectivity index is 1.37. The van der Waals surface area contributed by atoms with Gasteiger partial charge in [-0.2, -0.15) is 0 Å². The summed E-state index contributed by atoms with van der Waals surface area (Å²) >= 11 is 8.80. The van der Waals surface area contributed by atoms with E-state index in [4.69, 9.17) is 16.4 Å². The van der Waals surface area contributed by atoms with Crippen LogP contribution in [-0.2, 0) is 9.63 Å². The summed E-state index contributed by atoms with van der Waals surface area (Å²) < 4.78 is 0.695. The maximum Gasteiger partial charge on any atom is 0.270 e. The summed E-state index contributed by atoms with van der Waals surface area (Å²) in [6.07, 6.45) is 2.24. The molecule has 0 spiro atoms. The Labute approximate surface area is 140 Å². The first kappa shape index (κ1) is 14.2. The smallest absolute Gasteiger partial charge is 0.270 e. The van der Waals surface area contributed by atoms with Crippen LogP contribution in [0.3, 0.4) is 0 Å². The number of amides is 1. The number of carbonyl (C=O) groups is 1. The molecule has 0 radical (unpaired) electrons. The molecular formula is C14H12ClN3O2S2. The highest BCUT2D eigenvalue weighted by molar-refractivity contribution is 7.18. The highest BCUT2D eigenvalue weighted by Gasteiger charge is 2.31. The molecule has 0 bridgehead atoms. The standard InChI is InChI=1S/C14H12ClN3O2S2/c15-12-4-3-11(22-12)8-5-10(20-18-8)13(19)17-14-16-9(6-21-14)7-1-2-7/h3-4,6-7,10H,1-2,5H2,(H,16,17,19). The van der Waals surface area contributed by atoms with Crippen LogP contribution in [0.15, 0.2) is 22.7 Å². The molecule has 1 amide bonds. The van der Waals surface area contributed by atoms with Gasteiger partial charge in [-0.25, -0.2) is 4.98 Å². The summed E-state index contributed by atoms with van der Waals surface area (Å²) in [5.74, 6) is 0.376. The Kier molecular flexibility index (Phi) is 3.63. The molecule has 3 heterocycles. The lowest BCUT2D eigenvalue weighted by molar-refractivity contribution is -0.125. The van der Waals surface area contributed by atoms with Crippen LogP contribution in [0.25, 0.3) is 0 Å². The van der Waals surface area contributed by atoms with Gasteiger partial charge in [0.1, 0.15) is 5.71 Å². The molecule has 1 saturated carbocycles. The third-order valence-electron chi connectivity index (χ3n) is 3.57. The van der Waals surface area contributed by atoms with Crippen LogP contribution in [0.2, 0.25) is 4.34 Å². The lowest BCUT2D eigenvalue weighted by Gasteiger charge is -2.06. The van der Waals surface area contributed by atoms with Crippen molar-refractivity contribution in [3.8, 4) is 0 Å². The third kappa shape index (κ3) is 2.88. The van der Waals surface area contributed by atoms with Crippen LogP contribution in [-0.4, -0.2) is 22.7 Å². The predicted molar refractivity (Wildman–Crippen MR) is 88.1 cm³/mol. The van der Waals surface area contributed by atoms with E-state index in [1.807, 2.05) is 17.5 Å². The fraction of sp³-hybridized carbons (Fsp3) is 0.357. The number of thiazole rings is 1. The zero-order chi connectivity index (χ0) is 15.1. The van der Waals surface area contributed by atoms with Gasteiger partial charge in [-0.05, 0) is 25.0 Å². The molecular weight excluding hydrogens is 342 g/mol. The zero-order valence-corrected chi connectivity index (χ0v) is 13.8. The number of nitrogens with one attached hydrogen (secondary N) is 1. The number of nitrogens with zero attached hydrogens (tertiary/aromatic N) is 2. The van der Waals surface area contributed by atoms with Crippen molar-refractivity contribution in [1.82, 2.24) is 4.98 Å². The van der Waals surface area contributed by atoms with Crippen molar-refractivity contribution >= 4 is 51.0 Å². The van der Waals surface area contributed by atoms with Crippen LogP contribution < -0.4 is 5.32 Å². The molecule has 1 aliphatic carbocycles. The third-order valence-corrected chi connectivity index (χ3v) is 5.62. The molecule has 1 unspecified atom stereocenters. The largest absolute Gasteiger partial charge is 0.382 e. The van der Waals surface area contributed by atoms with Crippen molar-refractivity contribution in [2.45, 2.75) is 31.3 Å². The number of oxime groups is 1. The van der Waals surface area contributed by atoms with Crippen molar-refractivity contribution in [2.24, 2.45) is 5.16 Å². The van der Waals surface area contributed by atoms with Gasteiger partial charge in [0, 0.05) is 17.7 Å². The summed E-state index contributed by atoms with van der Waals surface area (Å²) in [6, 6.07) is 3.70. The minimum Gasteiger partial charge on any atom is -0.382 e. The average Bonchev–Trinajstić information content (AvgIpc) is 2.93. The van der Waals surface area contributed by atoms with Gasteiger partial charge in [-0.3, -0.25) is 10.1 Å². The van der Waals surface area contributed by atoms with E-state index in [0.717, 1.165) is 16.3 Å². The van der Waals surface area contributed by atoms with Gasteiger partial charge < -0.3 is 4.84 Å². The Morgan fingerprint density at radius 3 is 3.00 bits per heavy atom. The van der Waals surface area contributed by atoms with Gasteiger partial charge in [-0.1, -0.05) is 16.8 Å². The van der Waals surface area contributed by atoms with Gasteiger partial charge in [0.25, 0.3) is 5.91 Å². The van der Waals surface area contributed by atoms with E-state index in [1.165, 1.54) is 35.5 Å². The summed E-state index contributed by atoms with van der Waals surface area (Å²) in [7, 11) is 0. The highest BCUT2D eigenvalue weighted by atomic mass is 35.5. The van der Waals surface area contributed by atoms with Gasteiger partial charge in [0.15, 0.2) is 5.13 Å². The van der Waals surface area contributed by atoms with Crippen LogP contribution in [0.1, 0.15) is 35.8 Å². The second kappa shape index (κ2) is 5.64. The normalized spacial score (nSPS) is 20.6. The maximum atomic E-state index is 12.2. The predicted octanol–water partition coefficient (Wildman–Crippen LogP) is 3.87. The Hall–Kier alpha value is -1.44. The van der Waals surface area contributed by atoms with Gasteiger partial charge >= 0.3 is 0 Å². The fourth-order valence-corrected chi connectivity index (χ4v) is 4.06. The van der Waals surface area contributed by atoms with Crippen LogP contribution in [0, 0.1) is 0 Å². The minimum absolute atomic E-state index is 0.210. The molecule has 1 atom stereocenters. The number of anilines is 1. The summed E-state index contributed by atoms with van der Waals surface area (Å²) in [5, 5.41) is 9.45. The first-order valence-corrected chi connectivity index (χ1v) is 9.01. The molecule has 1 N–H and O–H groups in total. The van der Waals surface area contributed by atoms with Crippen molar-refractivity contribution in [1.29, 1.82) is 0 Å². The van der Waals surface area contributed by atoms with E-state index in [-0.39, 0.29) is 5.91 Å². The quantitative estimate of drug-likeness (QED) is 0.907. The number of carbonyl (C=O) groups excluding carboxylic acids is 1. The number of halogens is 1. The number of rotatable bonds is 4. The van der Waals surface area contributed by atoms with Gasteiger partial charge in [-0.15, -0.1) is 22.7 Å². The molecule has 114 valence electrons. The molecule has 2 aliphatic rings.